The number of amides is 1. The van der Waals surface area contributed by atoms with Crippen LogP contribution in [0, 0.1) is 12.7 Å². The van der Waals surface area contributed by atoms with Crippen molar-refractivity contribution in [2.75, 3.05) is 0 Å². The molecule has 1 N–H and O–H groups in total. The third kappa shape index (κ3) is 3.32. The molecule has 0 saturated carbocycles. The van der Waals surface area contributed by atoms with Crippen LogP contribution in [-0.4, -0.2) is 20.7 Å². The zero-order valence-electron chi connectivity index (χ0n) is 13.4. The van der Waals surface area contributed by atoms with Crippen LogP contribution in [-0.2, 0) is 0 Å². The standard InChI is InChI=1S/C18H17FN4O/c1-12(14-6-4-3-5-7-14)20-18(24)17-21-13(2)23(22-17)16-10-8-15(19)9-11-16/h3-12H,1-2H3,(H,20,24). The number of benzene rings is 2. The van der Waals surface area contributed by atoms with Crippen LogP contribution in [0.25, 0.3) is 5.69 Å². The summed E-state index contributed by atoms with van der Waals surface area (Å²) < 4.78 is 14.5. The predicted molar refractivity (Wildman–Crippen MR) is 88.4 cm³/mol. The second-order valence-corrected chi connectivity index (χ2v) is 5.48. The van der Waals surface area contributed by atoms with Gasteiger partial charge < -0.3 is 5.32 Å². The first-order valence-corrected chi connectivity index (χ1v) is 7.60. The van der Waals surface area contributed by atoms with Gasteiger partial charge in [0.1, 0.15) is 11.6 Å². The van der Waals surface area contributed by atoms with Crippen LogP contribution in [0.15, 0.2) is 54.6 Å². The van der Waals surface area contributed by atoms with Gasteiger partial charge in [-0.25, -0.2) is 14.1 Å². The maximum atomic E-state index is 13.0. The first-order chi connectivity index (χ1) is 11.5. The van der Waals surface area contributed by atoms with E-state index in [1.54, 1.807) is 19.1 Å². The number of aryl methyl sites for hydroxylation is 1. The highest BCUT2D eigenvalue weighted by atomic mass is 19.1. The lowest BCUT2D eigenvalue weighted by atomic mass is 10.1. The zero-order valence-corrected chi connectivity index (χ0v) is 13.4. The number of carbonyl (C=O) groups excluding carboxylic acids is 1. The summed E-state index contributed by atoms with van der Waals surface area (Å²) in [5, 5.41) is 7.10. The fraction of sp³-hybridized carbons (Fsp3) is 0.167. The molecule has 1 amide bonds. The summed E-state index contributed by atoms with van der Waals surface area (Å²) in [6.07, 6.45) is 0. The van der Waals surface area contributed by atoms with Gasteiger partial charge in [0.15, 0.2) is 0 Å². The summed E-state index contributed by atoms with van der Waals surface area (Å²) in [6, 6.07) is 15.4. The first kappa shape index (κ1) is 15.9. The molecule has 0 fully saturated rings. The molecule has 24 heavy (non-hydrogen) atoms. The van der Waals surface area contributed by atoms with Crippen molar-refractivity contribution in [2.24, 2.45) is 0 Å². The van der Waals surface area contributed by atoms with E-state index in [9.17, 15) is 9.18 Å². The topological polar surface area (TPSA) is 59.8 Å². The van der Waals surface area contributed by atoms with Gasteiger partial charge in [-0.2, -0.15) is 0 Å². The zero-order chi connectivity index (χ0) is 17.1. The molecule has 122 valence electrons. The Balaban J connectivity index is 1.79. The number of halogens is 1. The highest BCUT2D eigenvalue weighted by Crippen LogP contribution is 2.13. The van der Waals surface area contributed by atoms with Crippen LogP contribution in [0.1, 0.15) is 35.0 Å². The minimum atomic E-state index is -0.352. The molecule has 6 heteroatoms. The third-order valence-corrected chi connectivity index (χ3v) is 3.69. The van der Waals surface area contributed by atoms with Crippen LogP contribution in [0.2, 0.25) is 0 Å². The molecule has 0 aliphatic heterocycles. The molecule has 1 aromatic heterocycles. The van der Waals surface area contributed by atoms with Gasteiger partial charge in [-0.15, -0.1) is 5.10 Å². The summed E-state index contributed by atoms with van der Waals surface area (Å²) in [4.78, 5) is 16.6. The molecule has 0 aliphatic rings. The van der Waals surface area contributed by atoms with Gasteiger partial charge in [0, 0.05) is 0 Å². The number of rotatable bonds is 4. The average Bonchev–Trinajstić information content (AvgIpc) is 2.98. The van der Waals surface area contributed by atoms with Crippen molar-refractivity contribution in [3.8, 4) is 5.69 Å². The van der Waals surface area contributed by atoms with Gasteiger partial charge in [0.05, 0.1) is 11.7 Å². The molecule has 3 aromatic rings. The molecule has 5 nitrogen and oxygen atoms in total. The lowest BCUT2D eigenvalue weighted by molar-refractivity contribution is 0.0929. The summed E-state index contributed by atoms with van der Waals surface area (Å²) in [6.45, 7) is 3.64. The van der Waals surface area contributed by atoms with E-state index in [-0.39, 0.29) is 23.6 Å². The largest absolute Gasteiger partial charge is 0.343 e. The number of hydrogen-bond acceptors (Lipinski definition) is 3. The van der Waals surface area contributed by atoms with Crippen LogP contribution in [0.3, 0.4) is 0 Å². The predicted octanol–water partition coefficient (Wildman–Crippen LogP) is 3.21. The van der Waals surface area contributed by atoms with Crippen LogP contribution in [0.4, 0.5) is 4.39 Å². The van der Waals surface area contributed by atoms with Crippen molar-refractivity contribution in [1.82, 2.24) is 20.1 Å². The molecule has 1 atom stereocenters. The number of hydrogen-bond donors (Lipinski definition) is 1. The Bertz CT molecular complexity index is 843. The lowest BCUT2D eigenvalue weighted by Crippen LogP contribution is -2.27. The minimum Gasteiger partial charge on any atom is -0.343 e. The van der Waals surface area contributed by atoms with Crippen molar-refractivity contribution in [1.29, 1.82) is 0 Å². The number of nitrogens with zero attached hydrogens (tertiary/aromatic N) is 3. The van der Waals surface area contributed by atoms with E-state index in [1.807, 2.05) is 37.3 Å². The molecule has 0 saturated heterocycles. The second kappa shape index (κ2) is 6.62. The molecule has 2 aromatic carbocycles. The molecule has 1 unspecified atom stereocenters. The lowest BCUT2D eigenvalue weighted by Gasteiger charge is -2.12. The highest BCUT2D eigenvalue weighted by molar-refractivity contribution is 5.90. The van der Waals surface area contributed by atoms with Gasteiger partial charge in [0.2, 0.25) is 5.82 Å². The Morgan fingerprint density at radius 2 is 1.79 bits per heavy atom. The molecular weight excluding hydrogens is 307 g/mol. The van der Waals surface area contributed by atoms with E-state index >= 15 is 0 Å². The van der Waals surface area contributed by atoms with E-state index < -0.39 is 0 Å². The molecule has 3 rings (SSSR count). The van der Waals surface area contributed by atoms with Crippen molar-refractivity contribution >= 4 is 5.91 Å². The van der Waals surface area contributed by atoms with Gasteiger partial charge in [-0.05, 0) is 43.7 Å². The fourth-order valence-electron chi connectivity index (χ4n) is 2.40. The van der Waals surface area contributed by atoms with Crippen molar-refractivity contribution in [3.63, 3.8) is 0 Å². The first-order valence-electron chi connectivity index (χ1n) is 7.60. The minimum absolute atomic E-state index is 0.0830. The van der Waals surface area contributed by atoms with Crippen LogP contribution in [0.5, 0.6) is 0 Å². The molecule has 0 bridgehead atoms. The average molecular weight is 324 g/mol. The SMILES string of the molecule is Cc1nc(C(=O)NC(C)c2ccccc2)nn1-c1ccc(F)cc1. The van der Waals surface area contributed by atoms with Gasteiger partial charge in [-0.1, -0.05) is 30.3 Å². The van der Waals surface area contributed by atoms with Crippen LogP contribution < -0.4 is 5.32 Å². The summed E-state index contributed by atoms with van der Waals surface area (Å²) in [5.41, 5.74) is 1.65. The Labute approximate surface area is 139 Å². The Morgan fingerprint density at radius 3 is 2.46 bits per heavy atom. The Kier molecular flexibility index (Phi) is 4.37. The van der Waals surface area contributed by atoms with E-state index in [0.717, 1.165) is 5.56 Å². The van der Waals surface area contributed by atoms with Crippen molar-refractivity contribution in [3.05, 3.63) is 77.6 Å². The maximum Gasteiger partial charge on any atom is 0.291 e. The fourth-order valence-corrected chi connectivity index (χ4v) is 2.40. The molecule has 0 aliphatic carbocycles. The van der Waals surface area contributed by atoms with E-state index in [1.165, 1.54) is 16.8 Å². The normalized spacial score (nSPS) is 12.0. The summed E-state index contributed by atoms with van der Waals surface area (Å²) in [5.74, 6) is -0.0415. The maximum absolute atomic E-state index is 13.0. The Morgan fingerprint density at radius 1 is 1.12 bits per heavy atom. The summed E-state index contributed by atoms with van der Waals surface area (Å²) in [7, 11) is 0. The van der Waals surface area contributed by atoms with Gasteiger partial charge >= 0.3 is 0 Å². The van der Waals surface area contributed by atoms with Crippen molar-refractivity contribution in [2.45, 2.75) is 19.9 Å². The third-order valence-electron chi connectivity index (χ3n) is 3.69. The van der Waals surface area contributed by atoms with E-state index in [0.29, 0.717) is 11.5 Å². The van der Waals surface area contributed by atoms with Crippen LogP contribution >= 0.6 is 0 Å². The monoisotopic (exact) mass is 324 g/mol. The smallest absolute Gasteiger partial charge is 0.291 e. The molecular formula is C18H17FN4O. The number of nitrogens with one attached hydrogen (secondary N) is 1. The molecule has 0 radical (unpaired) electrons. The number of carbonyl (C=O) groups is 1. The van der Waals surface area contributed by atoms with E-state index in [4.69, 9.17) is 0 Å². The van der Waals surface area contributed by atoms with Gasteiger partial charge in [0.25, 0.3) is 5.91 Å². The summed E-state index contributed by atoms with van der Waals surface area (Å²) >= 11 is 0. The number of aromatic nitrogens is 3. The quantitative estimate of drug-likeness (QED) is 0.802. The van der Waals surface area contributed by atoms with Crippen molar-refractivity contribution < 1.29 is 9.18 Å². The van der Waals surface area contributed by atoms with E-state index in [2.05, 4.69) is 15.4 Å². The van der Waals surface area contributed by atoms with Gasteiger partial charge in [-0.3, -0.25) is 4.79 Å². The molecule has 0 spiro atoms. The second-order valence-electron chi connectivity index (χ2n) is 5.48. The highest BCUT2D eigenvalue weighted by Gasteiger charge is 2.17. The molecule has 1 heterocycles. The Hall–Kier alpha value is -3.02.